The van der Waals surface area contributed by atoms with E-state index >= 15 is 0 Å². The summed E-state index contributed by atoms with van der Waals surface area (Å²) in [5.74, 6) is 0.293. The molecule has 328 valence electrons. The van der Waals surface area contributed by atoms with Crippen molar-refractivity contribution in [2.75, 3.05) is 65.6 Å². The fourth-order valence-electron chi connectivity index (χ4n) is 9.99. The second kappa shape index (κ2) is 20.2. The van der Waals surface area contributed by atoms with Crippen molar-refractivity contribution in [3.8, 4) is 16.9 Å². The van der Waals surface area contributed by atoms with Crippen LogP contribution in [0.25, 0.3) is 11.1 Å². The predicted molar refractivity (Wildman–Crippen MR) is 236 cm³/mol. The first-order valence-electron chi connectivity index (χ1n) is 21.9. The van der Waals surface area contributed by atoms with E-state index in [0.29, 0.717) is 43.4 Å². The second-order valence-electron chi connectivity index (χ2n) is 18.2. The van der Waals surface area contributed by atoms with Crippen LogP contribution in [0.5, 0.6) is 5.75 Å². The van der Waals surface area contributed by atoms with E-state index in [1.165, 1.54) is 0 Å². The van der Waals surface area contributed by atoms with Crippen molar-refractivity contribution < 1.29 is 34.1 Å². The van der Waals surface area contributed by atoms with Crippen LogP contribution >= 0.6 is 0 Å². The number of aliphatic hydroxyl groups is 2. The first kappa shape index (κ1) is 45.5. The van der Waals surface area contributed by atoms with Gasteiger partial charge in [-0.2, -0.15) is 5.06 Å². The van der Waals surface area contributed by atoms with Gasteiger partial charge in [-0.15, -0.1) is 0 Å². The van der Waals surface area contributed by atoms with Crippen molar-refractivity contribution in [1.82, 2.24) is 20.6 Å². The number of nitrogens with one attached hydrogen (secondary N) is 2. The molecule has 3 aromatic carbocycles. The lowest BCUT2D eigenvalue weighted by molar-refractivity contribution is -0.182. The van der Waals surface area contributed by atoms with Crippen molar-refractivity contribution in [3.05, 3.63) is 83.4 Å². The van der Waals surface area contributed by atoms with Crippen LogP contribution in [-0.2, 0) is 27.3 Å². The molecule has 0 spiro atoms. The Labute approximate surface area is 357 Å². The summed E-state index contributed by atoms with van der Waals surface area (Å²) < 4.78 is 11.7. The minimum atomic E-state index is -0.915. The summed E-state index contributed by atoms with van der Waals surface area (Å²) in [6, 6.07) is 20.9. The molecule has 3 aliphatic rings. The van der Waals surface area contributed by atoms with E-state index in [4.69, 9.17) is 14.3 Å². The van der Waals surface area contributed by atoms with Gasteiger partial charge in [-0.25, -0.2) is 0 Å². The average molecular weight is 828 g/mol. The molecular formula is C48H69N5O7. The van der Waals surface area contributed by atoms with Crippen molar-refractivity contribution in [3.63, 3.8) is 0 Å². The van der Waals surface area contributed by atoms with Gasteiger partial charge >= 0.3 is 0 Å². The molecule has 8 atom stereocenters. The Morgan fingerprint density at radius 3 is 2.43 bits per heavy atom. The number of rotatable bonds is 16. The van der Waals surface area contributed by atoms with Gasteiger partial charge < -0.3 is 35.2 Å². The standard InChI is InChI=1S/C48H69N5O7/c1-9-37-26-41(31(2)27-48(37,4)5)50-47(57)44-43(32(3)55)42(30-54)60-53(44)28-34-16-13-17-40(45(34)58-8)35-23-36(25-39(24-35)51(6)7)46(56)49-38(22-33-14-11-10-12-15-33)29-52-18-20-59-21-19-52/h10-17,23-25,31-32,37-38,41-44,54-55H,9,18-22,26-30H2,1-8H3,(H,49,56)(H,50,57)/t31-,32-,37+,38-,41?,42-,43+,44-/m0/s1. The van der Waals surface area contributed by atoms with E-state index in [2.05, 4.69) is 55.4 Å². The second-order valence-corrected chi connectivity index (χ2v) is 18.2. The van der Waals surface area contributed by atoms with Crippen LogP contribution in [0.3, 0.4) is 0 Å². The quantitative estimate of drug-likeness (QED) is 0.146. The van der Waals surface area contributed by atoms with Crippen molar-refractivity contribution in [2.45, 2.75) is 97.2 Å². The van der Waals surface area contributed by atoms with Crippen LogP contribution in [-0.4, -0.2) is 123 Å². The van der Waals surface area contributed by atoms with E-state index in [-0.39, 0.29) is 48.4 Å². The Kier molecular flexibility index (Phi) is 15.3. The van der Waals surface area contributed by atoms with Gasteiger partial charge in [0, 0.05) is 74.1 Å². The molecule has 3 fully saturated rings. The summed E-state index contributed by atoms with van der Waals surface area (Å²) in [6.45, 7) is 14.2. The van der Waals surface area contributed by atoms with Gasteiger partial charge in [0.05, 0.1) is 39.6 Å². The molecule has 3 aromatic rings. The summed E-state index contributed by atoms with van der Waals surface area (Å²) in [6.07, 6.45) is 1.94. The maximum absolute atomic E-state index is 14.4. The molecule has 2 aliphatic heterocycles. The highest BCUT2D eigenvalue weighted by molar-refractivity contribution is 5.97. The molecule has 2 amide bonds. The number of anilines is 1. The molecule has 6 rings (SSSR count). The highest BCUT2D eigenvalue weighted by Crippen LogP contribution is 2.45. The van der Waals surface area contributed by atoms with Crippen LogP contribution in [0.4, 0.5) is 5.69 Å². The number of aliphatic hydroxyl groups excluding tert-OH is 2. The van der Waals surface area contributed by atoms with Gasteiger partial charge in [0.15, 0.2) is 0 Å². The lowest BCUT2D eigenvalue weighted by Crippen LogP contribution is -2.55. The molecule has 12 heteroatoms. The number of methoxy groups -OCH3 is 1. The normalized spacial score (nSPS) is 25.6. The number of benzene rings is 3. The fraction of sp³-hybridized carbons (Fsp3) is 0.583. The molecule has 0 aromatic heterocycles. The molecule has 1 unspecified atom stereocenters. The number of hydrogen-bond acceptors (Lipinski definition) is 10. The van der Waals surface area contributed by atoms with Crippen LogP contribution in [0, 0.1) is 23.2 Å². The zero-order valence-corrected chi connectivity index (χ0v) is 37.0. The van der Waals surface area contributed by atoms with Gasteiger partial charge in [-0.3, -0.25) is 19.3 Å². The smallest absolute Gasteiger partial charge is 0.251 e. The van der Waals surface area contributed by atoms with E-state index in [1.807, 2.05) is 73.6 Å². The lowest BCUT2D eigenvalue weighted by Gasteiger charge is -2.46. The van der Waals surface area contributed by atoms with Gasteiger partial charge in [-0.1, -0.05) is 82.6 Å². The Bertz CT molecular complexity index is 1880. The van der Waals surface area contributed by atoms with Crippen LogP contribution in [0.2, 0.25) is 0 Å². The zero-order valence-electron chi connectivity index (χ0n) is 37.0. The number of hydrogen-bond donors (Lipinski definition) is 4. The number of nitrogens with zero attached hydrogens (tertiary/aromatic N) is 3. The molecule has 1 aliphatic carbocycles. The molecule has 12 nitrogen and oxygen atoms in total. The number of carbonyl (C=O) groups excluding carboxylic acids is 2. The molecule has 4 N–H and O–H groups in total. The van der Waals surface area contributed by atoms with Crippen molar-refractivity contribution in [2.24, 2.45) is 23.2 Å². The van der Waals surface area contributed by atoms with E-state index in [0.717, 1.165) is 60.3 Å². The Hall–Kier alpha value is -4.04. The molecule has 0 radical (unpaired) electrons. The minimum Gasteiger partial charge on any atom is -0.496 e. The maximum atomic E-state index is 14.4. The highest BCUT2D eigenvalue weighted by Gasteiger charge is 2.50. The number of carbonyl (C=O) groups is 2. The Balaban J connectivity index is 1.28. The van der Waals surface area contributed by atoms with Gasteiger partial charge in [0.2, 0.25) is 5.91 Å². The van der Waals surface area contributed by atoms with Gasteiger partial charge in [-0.05, 0) is 72.8 Å². The molecule has 1 saturated carbocycles. The minimum absolute atomic E-state index is 0.0126. The number of amides is 2. The van der Waals surface area contributed by atoms with Gasteiger partial charge in [0.1, 0.15) is 17.9 Å². The average Bonchev–Trinajstić information content (AvgIpc) is 3.60. The summed E-state index contributed by atoms with van der Waals surface area (Å²) in [5, 5.41) is 29.8. The third-order valence-corrected chi connectivity index (χ3v) is 13.3. The predicted octanol–water partition coefficient (Wildman–Crippen LogP) is 5.54. The van der Waals surface area contributed by atoms with Crippen LogP contribution in [0.15, 0.2) is 66.7 Å². The van der Waals surface area contributed by atoms with Crippen LogP contribution in [0.1, 0.15) is 75.4 Å². The van der Waals surface area contributed by atoms with Crippen molar-refractivity contribution >= 4 is 17.5 Å². The van der Waals surface area contributed by atoms with E-state index in [9.17, 15) is 19.8 Å². The summed E-state index contributed by atoms with van der Waals surface area (Å²) in [4.78, 5) is 39.3. The third-order valence-electron chi connectivity index (χ3n) is 13.3. The summed E-state index contributed by atoms with van der Waals surface area (Å²) in [5.41, 5.74) is 5.05. The van der Waals surface area contributed by atoms with Crippen LogP contribution < -0.4 is 20.3 Å². The van der Waals surface area contributed by atoms with Crippen molar-refractivity contribution in [1.29, 1.82) is 0 Å². The SMILES string of the molecule is CC[C@@H]1CC(NC(=O)[C@@H]2[C@H]([C@H](C)O)[C@H](CO)ON2Cc2cccc(-c3cc(C(=O)N[C@@H](Cc4ccccc4)CN4CCOCC4)cc(N(C)C)c3)c2OC)[C@@H](C)CC1(C)C. The highest BCUT2D eigenvalue weighted by atomic mass is 16.7. The molecule has 0 bridgehead atoms. The Morgan fingerprint density at radius 2 is 1.78 bits per heavy atom. The molecule has 60 heavy (non-hydrogen) atoms. The maximum Gasteiger partial charge on any atom is 0.251 e. The van der Waals surface area contributed by atoms with E-state index < -0.39 is 24.2 Å². The number of hydroxylamine groups is 2. The van der Waals surface area contributed by atoms with Gasteiger partial charge in [0.25, 0.3) is 5.91 Å². The summed E-state index contributed by atoms with van der Waals surface area (Å²) >= 11 is 0. The summed E-state index contributed by atoms with van der Waals surface area (Å²) in [7, 11) is 5.52. The number of ether oxygens (including phenoxy) is 2. The fourth-order valence-corrected chi connectivity index (χ4v) is 9.99. The molecule has 2 saturated heterocycles. The zero-order chi connectivity index (χ0) is 43.1. The molecule has 2 heterocycles. The monoisotopic (exact) mass is 828 g/mol. The Morgan fingerprint density at radius 1 is 1.05 bits per heavy atom. The first-order chi connectivity index (χ1) is 28.7. The van der Waals surface area contributed by atoms with E-state index in [1.54, 1.807) is 19.1 Å². The lowest BCUT2D eigenvalue weighted by atomic mass is 9.63. The third kappa shape index (κ3) is 10.7. The number of para-hydroxylation sites is 1. The first-order valence-corrected chi connectivity index (χ1v) is 21.9. The molecular weight excluding hydrogens is 759 g/mol. The largest absolute Gasteiger partial charge is 0.496 e. The number of morpholine rings is 1. The topological polar surface area (TPSA) is 136 Å².